The summed E-state index contributed by atoms with van der Waals surface area (Å²) < 4.78 is 7.14. The highest BCUT2D eigenvalue weighted by Crippen LogP contribution is 2.16. The van der Waals surface area contributed by atoms with Crippen molar-refractivity contribution < 1.29 is 9.53 Å². The van der Waals surface area contributed by atoms with Crippen LogP contribution < -0.4 is 15.5 Å². The average Bonchev–Trinajstić information content (AvgIpc) is 3.10. The van der Waals surface area contributed by atoms with E-state index in [-0.39, 0.29) is 0 Å². The molecular weight excluding hydrogens is 328 g/mol. The molecule has 2 N–H and O–H groups in total. The molecule has 2 amide bonds. The summed E-state index contributed by atoms with van der Waals surface area (Å²) in [7, 11) is 1.64. The SMILES string of the molecule is COc1ccc(-n2cccc2/C=N/NC(=O)Nc2cccc(C)c2)cc1. The minimum Gasteiger partial charge on any atom is -0.497 e. The van der Waals surface area contributed by atoms with Gasteiger partial charge in [0.2, 0.25) is 0 Å². The molecule has 0 radical (unpaired) electrons. The van der Waals surface area contributed by atoms with E-state index in [9.17, 15) is 4.79 Å². The molecule has 0 atom stereocenters. The van der Waals surface area contributed by atoms with E-state index in [1.54, 1.807) is 13.3 Å². The molecule has 3 rings (SSSR count). The van der Waals surface area contributed by atoms with E-state index in [0.717, 1.165) is 28.4 Å². The highest BCUT2D eigenvalue weighted by Gasteiger charge is 2.03. The van der Waals surface area contributed by atoms with Crippen molar-refractivity contribution in [1.82, 2.24) is 9.99 Å². The van der Waals surface area contributed by atoms with E-state index in [4.69, 9.17) is 4.74 Å². The molecule has 132 valence electrons. The molecule has 1 heterocycles. The van der Waals surface area contributed by atoms with E-state index in [1.807, 2.05) is 78.4 Å². The van der Waals surface area contributed by atoms with Crippen molar-refractivity contribution in [2.75, 3.05) is 12.4 Å². The van der Waals surface area contributed by atoms with E-state index >= 15 is 0 Å². The summed E-state index contributed by atoms with van der Waals surface area (Å²) in [6, 6.07) is 18.7. The van der Waals surface area contributed by atoms with Gasteiger partial charge in [0, 0.05) is 17.6 Å². The first-order valence-electron chi connectivity index (χ1n) is 8.14. The first-order chi connectivity index (χ1) is 12.7. The molecule has 3 aromatic rings. The first kappa shape index (κ1) is 17.3. The summed E-state index contributed by atoms with van der Waals surface area (Å²) in [4.78, 5) is 11.9. The molecule has 6 nitrogen and oxygen atoms in total. The van der Waals surface area contributed by atoms with Crippen LogP contribution in [0.5, 0.6) is 5.75 Å². The van der Waals surface area contributed by atoms with Crippen molar-refractivity contribution in [3.63, 3.8) is 0 Å². The Labute approximate surface area is 152 Å². The molecule has 0 fully saturated rings. The Hall–Kier alpha value is -3.54. The van der Waals surface area contributed by atoms with Crippen LogP contribution in [0, 0.1) is 6.92 Å². The molecule has 26 heavy (non-hydrogen) atoms. The van der Waals surface area contributed by atoms with Crippen molar-refractivity contribution in [3.8, 4) is 11.4 Å². The highest BCUT2D eigenvalue weighted by atomic mass is 16.5. The summed E-state index contributed by atoms with van der Waals surface area (Å²) in [5, 5.41) is 6.76. The zero-order valence-corrected chi connectivity index (χ0v) is 14.6. The second-order valence-electron chi connectivity index (χ2n) is 5.69. The number of amides is 2. The normalized spacial score (nSPS) is 10.7. The lowest BCUT2D eigenvalue weighted by Gasteiger charge is -2.07. The Kier molecular flexibility index (Phi) is 5.34. The number of ether oxygens (including phenoxy) is 1. The van der Waals surface area contributed by atoms with Gasteiger partial charge in [-0.15, -0.1) is 0 Å². The zero-order valence-electron chi connectivity index (χ0n) is 14.6. The molecule has 2 aromatic carbocycles. The fourth-order valence-electron chi connectivity index (χ4n) is 2.52. The molecule has 0 bridgehead atoms. The Balaban J connectivity index is 1.64. The molecule has 0 saturated heterocycles. The molecular formula is C20H20N4O2. The van der Waals surface area contributed by atoms with Gasteiger partial charge in [-0.1, -0.05) is 12.1 Å². The van der Waals surface area contributed by atoms with Crippen molar-refractivity contribution in [2.24, 2.45) is 5.10 Å². The van der Waals surface area contributed by atoms with Gasteiger partial charge in [-0.3, -0.25) is 0 Å². The maximum absolute atomic E-state index is 11.9. The minimum absolute atomic E-state index is 0.394. The predicted molar refractivity (Wildman–Crippen MR) is 103 cm³/mol. The number of carbonyl (C=O) groups excluding carboxylic acids is 1. The number of urea groups is 1. The number of rotatable bonds is 5. The Morgan fingerprint density at radius 3 is 2.65 bits per heavy atom. The van der Waals surface area contributed by atoms with Crippen LogP contribution in [0.3, 0.4) is 0 Å². The third-order valence-electron chi connectivity index (χ3n) is 3.77. The van der Waals surface area contributed by atoms with Gasteiger partial charge in [0.25, 0.3) is 0 Å². The number of aromatic nitrogens is 1. The standard InChI is InChI=1S/C20H20N4O2/c1-15-5-3-6-16(13-15)22-20(25)23-21-14-18-7-4-12-24(18)17-8-10-19(26-2)11-9-17/h3-14H,1-2H3,(H2,22,23,25)/b21-14+. The van der Waals surface area contributed by atoms with Crippen molar-refractivity contribution in [1.29, 1.82) is 0 Å². The van der Waals surface area contributed by atoms with Gasteiger partial charge in [-0.25, -0.2) is 10.2 Å². The number of anilines is 1. The molecule has 0 aliphatic carbocycles. The third-order valence-corrected chi connectivity index (χ3v) is 3.77. The summed E-state index contributed by atoms with van der Waals surface area (Å²) in [6.07, 6.45) is 3.52. The van der Waals surface area contributed by atoms with E-state index in [1.165, 1.54) is 0 Å². The van der Waals surface area contributed by atoms with Gasteiger partial charge in [-0.2, -0.15) is 5.10 Å². The van der Waals surface area contributed by atoms with Gasteiger partial charge in [-0.05, 0) is 61.0 Å². The monoisotopic (exact) mass is 348 g/mol. The van der Waals surface area contributed by atoms with Crippen molar-refractivity contribution in [3.05, 3.63) is 78.1 Å². The number of aryl methyl sites for hydroxylation is 1. The summed E-state index contributed by atoms with van der Waals surface area (Å²) in [5.74, 6) is 0.797. The summed E-state index contributed by atoms with van der Waals surface area (Å²) >= 11 is 0. The van der Waals surface area contributed by atoms with Crippen LogP contribution in [-0.4, -0.2) is 23.9 Å². The molecule has 0 saturated carbocycles. The van der Waals surface area contributed by atoms with E-state index in [2.05, 4.69) is 15.8 Å². The summed E-state index contributed by atoms with van der Waals surface area (Å²) in [6.45, 7) is 1.97. The molecule has 0 spiro atoms. The van der Waals surface area contributed by atoms with Crippen molar-refractivity contribution in [2.45, 2.75) is 6.92 Å². The van der Waals surface area contributed by atoms with Gasteiger partial charge in [0.15, 0.2) is 0 Å². The number of methoxy groups -OCH3 is 1. The topological polar surface area (TPSA) is 67.6 Å². The predicted octanol–water partition coefficient (Wildman–Crippen LogP) is 3.95. The second-order valence-corrected chi connectivity index (χ2v) is 5.69. The Morgan fingerprint density at radius 2 is 1.92 bits per heavy atom. The molecule has 0 aliphatic heterocycles. The number of nitrogens with one attached hydrogen (secondary N) is 2. The fraction of sp³-hybridized carbons (Fsp3) is 0.100. The molecule has 1 aromatic heterocycles. The smallest absolute Gasteiger partial charge is 0.339 e. The Morgan fingerprint density at radius 1 is 1.12 bits per heavy atom. The van der Waals surface area contributed by atoms with Crippen LogP contribution in [0.2, 0.25) is 0 Å². The maximum atomic E-state index is 11.9. The lowest BCUT2D eigenvalue weighted by atomic mass is 10.2. The van der Waals surface area contributed by atoms with E-state index in [0.29, 0.717) is 0 Å². The zero-order chi connectivity index (χ0) is 18.4. The van der Waals surface area contributed by atoms with Gasteiger partial charge >= 0.3 is 6.03 Å². The van der Waals surface area contributed by atoms with E-state index < -0.39 is 6.03 Å². The number of hydrogen-bond acceptors (Lipinski definition) is 3. The summed E-state index contributed by atoms with van der Waals surface area (Å²) in [5.41, 5.74) is 6.08. The maximum Gasteiger partial charge on any atom is 0.339 e. The average molecular weight is 348 g/mol. The number of hydrogen-bond donors (Lipinski definition) is 2. The van der Waals surface area contributed by atoms with Crippen LogP contribution in [0.25, 0.3) is 5.69 Å². The van der Waals surface area contributed by atoms with Gasteiger partial charge in [0.05, 0.1) is 19.0 Å². The fourth-order valence-corrected chi connectivity index (χ4v) is 2.52. The lowest BCUT2D eigenvalue weighted by molar-refractivity contribution is 0.252. The Bertz CT molecular complexity index is 914. The van der Waals surface area contributed by atoms with Crippen LogP contribution in [0.4, 0.5) is 10.5 Å². The lowest BCUT2D eigenvalue weighted by Crippen LogP contribution is -2.24. The minimum atomic E-state index is -0.394. The number of hydrazone groups is 1. The van der Waals surface area contributed by atoms with Gasteiger partial charge in [0.1, 0.15) is 5.75 Å². The largest absolute Gasteiger partial charge is 0.497 e. The quantitative estimate of drug-likeness (QED) is 0.541. The third kappa shape index (κ3) is 4.30. The van der Waals surface area contributed by atoms with Crippen molar-refractivity contribution >= 4 is 17.9 Å². The first-order valence-corrected chi connectivity index (χ1v) is 8.14. The second kappa shape index (κ2) is 8.02. The van der Waals surface area contributed by atoms with Gasteiger partial charge < -0.3 is 14.6 Å². The molecule has 6 heteroatoms. The van der Waals surface area contributed by atoms with Crippen LogP contribution in [0.15, 0.2) is 72.0 Å². The van der Waals surface area contributed by atoms with Crippen LogP contribution in [-0.2, 0) is 0 Å². The molecule has 0 unspecified atom stereocenters. The number of nitrogens with zero attached hydrogens (tertiary/aromatic N) is 2. The van der Waals surface area contributed by atoms with Crippen LogP contribution >= 0.6 is 0 Å². The highest BCUT2D eigenvalue weighted by molar-refractivity contribution is 5.90. The number of carbonyl (C=O) groups is 1. The number of benzene rings is 2. The van der Waals surface area contributed by atoms with Crippen LogP contribution in [0.1, 0.15) is 11.3 Å². The molecule has 0 aliphatic rings.